The second kappa shape index (κ2) is 9.88. The first-order valence-corrected chi connectivity index (χ1v) is 11.4. The number of aryl methyl sites for hydroxylation is 1. The molecule has 1 aliphatic rings. The maximum absolute atomic E-state index is 15.1. The Morgan fingerprint density at radius 3 is 3.00 bits per heavy atom. The number of fused-ring (bicyclic) bond motifs is 5. The number of aromatic nitrogens is 6. The summed E-state index contributed by atoms with van der Waals surface area (Å²) in [6.07, 6.45) is 10.4. The van der Waals surface area contributed by atoms with Crippen molar-refractivity contribution in [2.24, 2.45) is 0 Å². The first-order chi connectivity index (χ1) is 17.1. The number of hydrogen-bond donors (Lipinski definition) is 1. The lowest BCUT2D eigenvalue weighted by molar-refractivity contribution is 0.102. The molecule has 0 saturated heterocycles. The molecular weight excluding hydrogens is 449 g/mol. The Morgan fingerprint density at radius 1 is 1.20 bits per heavy atom. The molecule has 1 aliphatic heterocycles. The lowest BCUT2D eigenvalue weighted by atomic mass is 10.0. The zero-order chi connectivity index (χ0) is 24.2. The summed E-state index contributed by atoms with van der Waals surface area (Å²) >= 11 is 0. The summed E-state index contributed by atoms with van der Waals surface area (Å²) in [7, 11) is 0. The highest BCUT2D eigenvalue weighted by Crippen LogP contribution is 2.31. The molecule has 1 N–H and O–H groups in total. The minimum absolute atomic E-state index is 0.168. The Balaban J connectivity index is 1.55. The second-order valence-electron chi connectivity index (χ2n) is 8.10. The van der Waals surface area contributed by atoms with Gasteiger partial charge in [-0.3, -0.25) is 9.48 Å². The highest BCUT2D eigenvalue weighted by Gasteiger charge is 2.20. The fraction of sp³-hybridized carbons (Fsp3) is 0.240. The second-order valence-corrected chi connectivity index (χ2v) is 8.10. The molecule has 2 bridgehead atoms. The zero-order valence-corrected chi connectivity index (χ0v) is 19.2. The summed E-state index contributed by atoms with van der Waals surface area (Å²) in [6, 6.07) is 8.02. The number of ether oxygens (including phenoxy) is 1. The molecule has 0 saturated carbocycles. The van der Waals surface area contributed by atoms with E-state index in [1.54, 1.807) is 41.6 Å². The molecule has 0 spiro atoms. The van der Waals surface area contributed by atoms with E-state index in [1.807, 2.05) is 23.6 Å². The van der Waals surface area contributed by atoms with Crippen LogP contribution in [0.15, 0.2) is 61.2 Å². The van der Waals surface area contributed by atoms with Gasteiger partial charge in [-0.05, 0) is 31.0 Å². The van der Waals surface area contributed by atoms with Crippen LogP contribution in [0.5, 0.6) is 5.75 Å². The van der Waals surface area contributed by atoms with Crippen LogP contribution < -0.4 is 10.1 Å². The van der Waals surface area contributed by atoms with E-state index in [0.717, 1.165) is 13.0 Å². The van der Waals surface area contributed by atoms with Gasteiger partial charge in [0.25, 0.3) is 5.91 Å². The molecule has 4 heterocycles. The number of halogens is 1. The van der Waals surface area contributed by atoms with Gasteiger partial charge in [-0.1, -0.05) is 25.1 Å². The van der Waals surface area contributed by atoms with E-state index in [2.05, 4.69) is 25.6 Å². The van der Waals surface area contributed by atoms with Crippen molar-refractivity contribution >= 4 is 11.7 Å². The number of allylic oxidation sites excluding steroid dienone is 1. The van der Waals surface area contributed by atoms with Crippen molar-refractivity contribution in [3.8, 4) is 28.4 Å². The smallest absolute Gasteiger partial charge is 0.260 e. The van der Waals surface area contributed by atoms with E-state index in [-0.39, 0.29) is 23.5 Å². The predicted octanol–water partition coefficient (Wildman–Crippen LogP) is 4.34. The normalized spacial score (nSPS) is 14.6. The van der Waals surface area contributed by atoms with Gasteiger partial charge in [0.1, 0.15) is 29.4 Å². The van der Waals surface area contributed by atoms with Crippen LogP contribution >= 0.6 is 0 Å². The number of amides is 1. The third-order valence-electron chi connectivity index (χ3n) is 5.56. The van der Waals surface area contributed by atoms with E-state index < -0.39 is 11.7 Å². The lowest BCUT2D eigenvalue weighted by Crippen LogP contribution is -2.15. The SMILES string of the molecule is CCCn1cc(-c2cc3c(cc2F)OCC/C=C/Cn2cnnc2-c2cccc(n2)NC3=O)cn1. The molecular formula is C25H24FN7O2. The maximum atomic E-state index is 15.1. The summed E-state index contributed by atoms with van der Waals surface area (Å²) < 4.78 is 24.6. The van der Waals surface area contributed by atoms with Crippen molar-refractivity contribution < 1.29 is 13.9 Å². The number of pyridine rings is 1. The predicted molar refractivity (Wildman–Crippen MR) is 128 cm³/mol. The van der Waals surface area contributed by atoms with Crippen molar-refractivity contribution in [3.63, 3.8) is 0 Å². The summed E-state index contributed by atoms with van der Waals surface area (Å²) in [4.78, 5) is 17.9. The highest BCUT2D eigenvalue weighted by atomic mass is 19.1. The van der Waals surface area contributed by atoms with E-state index in [1.165, 1.54) is 12.1 Å². The minimum Gasteiger partial charge on any atom is -0.492 e. The number of anilines is 1. The highest BCUT2D eigenvalue weighted by molar-refractivity contribution is 6.06. The number of nitrogens with one attached hydrogen (secondary N) is 1. The van der Waals surface area contributed by atoms with Crippen LogP contribution in [0.3, 0.4) is 0 Å². The molecule has 10 heteroatoms. The monoisotopic (exact) mass is 473 g/mol. The van der Waals surface area contributed by atoms with Crippen molar-refractivity contribution in [3.05, 3.63) is 72.6 Å². The van der Waals surface area contributed by atoms with Gasteiger partial charge >= 0.3 is 0 Å². The molecule has 1 aromatic carbocycles. The van der Waals surface area contributed by atoms with Crippen LogP contribution in [-0.2, 0) is 13.1 Å². The molecule has 5 rings (SSSR count). The fourth-order valence-corrected chi connectivity index (χ4v) is 3.87. The Labute approximate surface area is 201 Å². The molecule has 0 atom stereocenters. The Bertz CT molecular complexity index is 1390. The Kier molecular flexibility index (Phi) is 6.34. The van der Waals surface area contributed by atoms with Crippen LogP contribution in [0.25, 0.3) is 22.6 Å². The topological polar surface area (TPSA) is 99.8 Å². The van der Waals surface area contributed by atoms with Crippen LogP contribution in [0.2, 0.25) is 0 Å². The molecule has 0 fully saturated rings. The molecule has 1 amide bonds. The minimum atomic E-state index is -0.487. The van der Waals surface area contributed by atoms with E-state index >= 15 is 4.39 Å². The summed E-state index contributed by atoms with van der Waals surface area (Å²) in [5.41, 5.74) is 1.64. The molecule has 178 valence electrons. The van der Waals surface area contributed by atoms with Gasteiger partial charge in [-0.2, -0.15) is 5.10 Å². The third-order valence-corrected chi connectivity index (χ3v) is 5.56. The number of nitrogens with zero attached hydrogens (tertiary/aromatic N) is 6. The van der Waals surface area contributed by atoms with Crippen molar-refractivity contribution in [2.45, 2.75) is 32.9 Å². The van der Waals surface area contributed by atoms with Gasteiger partial charge in [0.05, 0.1) is 18.4 Å². The average molecular weight is 474 g/mol. The van der Waals surface area contributed by atoms with Crippen LogP contribution in [-0.4, -0.2) is 42.0 Å². The molecule has 3 aromatic heterocycles. The van der Waals surface area contributed by atoms with E-state index in [9.17, 15) is 4.79 Å². The number of carbonyl (C=O) groups is 1. The maximum Gasteiger partial charge on any atom is 0.260 e. The molecule has 0 aliphatic carbocycles. The first-order valence-electron chi connectivity index (χ1n) is 11.4. The van der Waals surface area contributed by atoms with Gasteiger partial charge in [-0.15, -0.1) is 10.2 Å². The fourth-order valence-electron chi connectivity index (χ4n) is 3.87. The summed E-state index contributed by atoms with van der Waals surface area (Å²) in [6.45, 7) is 3.60. The number of benzene rings is 1. The van der Waals surface area contributed by atoms with E-state index in [0.29, 0.717) is 35.9 Å². The van der Waals surface area contributed by atoms with Gasteiger partial charge in [0.15, 0.2) is 5.82 Å². The van der Waals surface area contributed by atoms with Crippen molar-refractivity contribution in [1.82, 2.24) is 29.5 Å². The first kappa shape index (κ1) is 22.5. The van der Waals surface area contributed by atoms with Crippen LogP contribution in [0, 0.1) is 5.82 Å². The molecule has 4 aromatic rings. The summed E-state index contributed by atoms with van der Waals surface area (Å²) in [5.74, 6) is 0.143. The van der Waals surface area contributed by atoms with Gasteiger partial charge < -0.3 is 14.6 Å². The van der Waals surface area contributed by atoms with Crippen LogP contribution in [0.4, 0.5) is 10.2 Å². The molecule has 0 radical (unpaired) electrons. The Hall–Kier alpha value is -4.34. The van der Waals surface area contributed by atoms with Gasteiger partial charge in [0.2, 0.25) is 0 Å². The van der Waals surface area contributed by atoms with Gasteiger partial charge in [0, 0.05) is 36.5 Å². The lowest BCUT2D eigenvalue weighted by Gasteiger charge is -2.14. The molecule has 9 nitrogen and oxygen atoms in total. The van der Waals surface area contributed by atoms with Crippen molar-refractivity contribution in [2.75, 3.05) is 11.9 Å². The Morgan fingerprint density at radius 2 is 2.11 bits per heavy atom. The zero-order valence-electron chi connectivity index (χ0n) is 19.2. The molecule has 0 unspecified atom stereocenters. The van der Waals surface area contributed by atoms with Crippen LogP contribution in [0.1, 0.15) is 30.1 Å². The van der Waals surface area contributed by atoms with Gasteiger partial charge in [-0.25, -0.2) is 9.37 Å². The van der Waals surface area contributed by atoms with E-state index in [4.69, 9.17) is 4.74 Å². The quantitative estimate of drug-likeness (QED) is 0.444. The standard InChI is InChI=1S/C25H24FN7O2/c1-2-9-33-15-17(14-28-33)18-12-19-22(13-20(18)26)35-11-5-3-4-10-32-16-27-31-24(32)21-7-6-8-23(29-21)30-25(19)34/h3-4,6-8,12-16H,2,5,9-11H2,1H3,(H,29,30,34)/b4-3+. The summed E-state index contributed by atoms with van der Waals surface area (Å²) in [5, 5.41) is 15.3. The number of hydrogen-bond acceptors (Lipinski definition) is 6. The van der Waals surface area contributed by atoms with Crippen molar-refractivity contribution in [1.29, 1.82) is 0 Å². The third kappa shape index (κ3) is 4.81. The number of rotatable bonds is 3. The largest absolute Gasteiger partial charge is 0.492 e. The average Bonchev–Trinajstić information content (AvgIpc) is 3.51. The molecule has 35 heavy (non-hydrogen) atoms. The number of carbonyl (C=O) groups excluding carboxylic acids is 1.